The molecule has 0 spiro atoms. The number of fused-ring (bicyclic) bond motifs is 1. The van der Waals surface area contributed by atoms with Crippen LogP contribution < -0.4 is 4.90 Å². The molecule has 1 amide bonds. The highest BCUT2D eigenvalue weighted by molar-refractivity contribution is 9.10. The summed E-state index contributed by atoms with van der Waals surface area (Å²) in [6.45, 7) is 6.93. The second kappa shape index (κ2) is 13.8. The molecule has 0 fully saturated rings. The first kappa shape index (κ1) is 29.7. The summed E-state index contributed by atoms with van der Waals surface area (Å²) < 4.78 is 29.3. The van der Waals surface area contributed by atoms with E-state index < -0.39 is 10.0 Å². The van der Waals surface area contributed by atoms with E-state index in [9.17, 15) is 13.2 Å². The zero-order valence-corrected chi connectivity index (χ0v) is 24.5. The predicted octanol–water partition coefficient (Wildman–Crippen LogP) is 4.87. The Hall–Kier alpha value is -2.87. The maximum Gasteiger partial charge on any atom is 0.260 e. The van der Waals surface area contributed by atoms with E-state index in [0.29, 0.717) is 23.8 Å². The van der Waals surface area contributed by atoms with Crippen LogP contribution >= 0.6 is 27.3 Å². The van der Waals surface area contributed by atoms with Gasteiger partial charge in [-0.25, -0.2) is 13.4 Å². The quantitative estimate of drug-likeness (QED) is 0.268. The van der Waals surface area contributed by atoms with Crippen LogP contribution in [0.3, 0.4) is 0 Å². The Morgan fingerprint density at radius 3 is 2.18 bits per heavy atom. The zero-order valence-electron chi connectivity index (χ0n) is 21.3. The van der Waals surface area contributed by atoms with Gasteiger partial charge in [-0.3, -0.25) is 9.69 Å². The molecule has 3 aromatic rings. The molecule has 1 aromatic heterocycles. The van der Waals surface area contributed by atoms with Gasteiger partial charge in [0.05, 0.1) is 27.3 Å². The highest BCUT2D eigenvalue weighted by Crippen LogP contribution is 2.32. The lowest BCUT2D eigenvalue weighted by molar-refractivity contribution is 0.0983. The van der Waals surface area contributed by atoms with Crippen molar-refractivity contribution in [2.24, 2.45) is 0 Å². The van der Waals surface area contributed by atoms with Crippen LogP contribution in [0.4, 0.5) is 5.13 Å². The molecule has 9 nitrogen and oxygen atoms in total. The van der Waals surface area contributed by atoms with E-state index in [4.69, 9.17) is 15.5 Å². The van der Waals surface area contributed by atoms with Gasteiger partial charge in [-0.1, -0.05) is 41.1 Å². The highest BCUT2D eigenvalue weighted by Gasteiger charge is 2.26. The predicted molar refractivity (Wildman–Crippen MR) is 152 cm³/mol. The summed E-state index contributed by atoms with van der Waals surface area (Å²) in [7, 11) is -3.93. The normalized spacial score (nSPS) is 11.6. The van der Waals surface area contributed by atoms with E-state index in [0.717, 1.165) is 32.1 Å². The third-order valence-electron chi connectivity index (χ3n) is 6.03. The number of nitrogens with zero attached hydrogens (tertiary/aromatic N) is 6. The van der Waals surface area contributed by atoms with Gasteiger partial charge in [0.25, 0.3) is 5.91 Å². The largest absolute Gasteiger partial charge is 0.302 e. The maximum absolute atomic E-state index is 13.7. The van der Waals surface area contributed by atoms with Crippen LogP contribution in [0.15, 0.2) is 51.8 Å². The first-order valence-corrected chi connectivity index (χ1v) is 15.2. The number of likely N-dealkylation sites (N-methyl/N-ethyl adjacent to an activating group) is 1. The number of anilines is 1. The minimum absolute atomic E-state index is 0.00413. The van der Waals surface area contributed by atoms with Crippen LogP contribution in [0.5, 0.6) is 0 Å². The molecule has 38 heavy (non-hydrogen) atoms. The second-order valence-corrected chi connectivity index (χ2v) is 12.2. The standard InChI is InChI=1S/C26H29BrN6O3S2/c1-3-31(4-2)17-18-33(26-30-23-12-9-21(27)19-24(23)37-26)25(34)20-7-10-22(11-8-20)38(35,36)32(15-5-13-28)16-6-14-29/h7-12,19H,3-6,15-18H2,1-2H3. The molecule has 12 heteroatoms. The number of hydrogen-bond donors (Lipinski definition) is 0. The van der Waals surface area contributed by atoms with Crippen molar-refractivity contribution in [2.75, 3.05) is 44.2 Å². The van der Waals surface area contributed by atoms with Crippen molar-refractivity contribution in [3.05, 3.63) is 52.5 Å². The second-order valence-electron chi connectivity index (χ2n) is 8.34. The summed E-state index contributed by atoms with van der Waals surface area (Å²) in [4.78, 5) is 22.3. The summed E-state index contributed by atoms with van der Waals surface area (Å²) in [5.74, 6) is -0.273. The van der Waals surface area contributed by atoms with Crippen molar-refractivity contribution in [3.63, 3.8) is 0 Å². The fourth-order valence-electron chi connectivity index (χ4n) is 3.84. The van der Waals surface area contributed by atoms with Crippen molar-refractivity contribution < 1.29 is 13.2 Å². The Morgan fingerprint density at radius 2 is 1.61 bits per heavy atom. The Labute approximate surface area is 236 Å². The molecule has 0 aliphatic heterocycles. The summed E-state index contributed by atoms with van der Waals surface area (Å²) >= 11 is 4.91. The molecule has 2 aromatic carbocycles. The molecule has 0 atom stereocenters. The summed E-state index contributed by atoms with van der Waals surface area (Å²) in [6.07, 6.45) is 0.0307. The summed E-state index contributed by atoms with van der Waals surface area (Å²) in [5.41, 5.74) is 1.13. The van der Waals surface area contributed by atoms with Gasteiger partial charge in [0.1, 0.15) is 0 Å². The topological polar surface area (TPSA) is 121 Å². The third-order valence-corrected chi connectivity index (χ3v) is 9.48. The van der Waals surface area contributed by atoms with Crippen molar-refractivity contribution >= 4 is 58.5 Å². The van der Waals surface area contributed by atoms with Crippen LogP contribution in [-0.4, -0.2) is 67.8 Å². The first-order valence-electron chi connectivity index (χ1n) is 12.2. The van der Waals surface area contributed by atoms with E-state index in [1.807, 2.05) is 30.3 Å². The summed E-state index contributed by atoms with van der Waals surface area (Å²) in [5, 5.41) is 18.4. The minimum Gasteiger partial charge on any atom is -0.302 e. The Kier molecular flexibility index (Phi) is 10.8. The average Bonchev–Trinajstić information content (AvgIpc) is 3.33. The van der Waals surface area contributed by atoms with E-state index in [1.54, 1.807) is 4.90 Å². The lowest BCUT2D eigenvalue weighted by Gasteiger charge is -2.25. The summed E-state index contributed by atoms with van der Waals surface area (Å²) in [6, 6.07) is 15.4. The molecule has 0 saturated carbocycles. The van der Waals surface area contributed by atoms with Gasteiger partial charge < -0.3 is 4.90 Å². The average molecular weight is 618 g/mol. The van der Waals surface area contributed by atoms with Gasteiger partial charge >= 0.3 is 0 Å². The van der Waals surface area contributed by atoms with Crippen LogP contribution in [0.1, 0.15) is 37.0 Å². The van der Waals surface area contributed by atoms with Gasteiger partial charge in [0, 0.05) is 49.1 Å². The van der Waals surface area contributed by atoms with Crippen LogP contribution in [-0.2, 0) is 10.0 Å². The molecule has 0 saturated heterocycles. The molecule has 1 heterocycles. The number of amides is 1. The van der Waals surface area contributed by atoms with Gasteiger partial charge in [-0.2, -0.15) is 14.8 Å². The molecule has 3 rings (SSSR count). The number of nitriles is 2. The van der Waals surface area contributed by atoms with Crippen molar-refractivity contribution in [2.45, 2.75) is 31.6 Å². The number of sulfonamides is 1. The van der Waals surface area contributed by atoms with E-state index in [2.05, 4.69) is 34.7 Å². The fourth-order valence-corrected chi connectivity index (χ4v) is 6.83. The van der Waals surface area contributed by atoms with E-state index in [1.165, 1.54) is 35.6 Å². The molecule has 0 N–H and O–H groups in total. The van der Waals surface area contributed by atoms with Crippen LogP contribution in [0.2, 0.25) is 0 Å². The highest BCUT2D eigenvalue weighted by atomic mass is 79.9. The number of carbonyl (C=O) groups is 1. The van der Waals surface area contributed by atoms with Crippen molar-refractivity contribution in [1.29, 1.82) is 10.5 Å². The third kappa shape index (κ3) is 7.16. The molecule has 0 aliphatic rings. The van der Waals surface area contributed by atoms with Gasteiger partial charge in [-0.15, -0.1) is 0 Å². The maximum atomic E-state index is 13.7. The smallest absolute Gasteiger partial charge is 0.260 e. The number of benzene rings is 2. The van der Waals surface area contributed by atoms with Crippen molar-refractivity contribution in [3.8, 4) is 12.1 Å². The molecular weight excluding hydrogens is 588 g/mol. The zero-order chi connectivity index (χ0) is 27.7. The number of halogens is 1. The van der Waals surface area contributed by atoms with Gasteiger partial charge in [0.15, 0.2) is 5.13 Å². The van der Waals surface area contributed by atoms with Crippen LogP contribution in [0, 0.1) is 22.7 Å². The molecule has 0 bridgehead atoms. The van der Waals surface area contributed by atoms with Gasteiger partial charge in [0.2, 0.25) is 10.0 Å². The number of hydrogen-bond acceptors (Lipinski definition) is 8. The number of thiazole rings is 1. The molecule has 0 unspecified atom stereocenters. The number of carbonyl (C=O) groups excluding carboxylic acids is 1. The Bertz CT molecular complexity index is 1420. The monoisotopic (exact) mass is 616 g/mol. The van der Waals surface area contributed by atoms with Crippen LogP contribution in [0.25, 0.3) is 10.2 Å². The lowest BCUT2D eigenvalue weighted by Crippen LogP contribution is -2.39. The molecular formula is C26H29BrN6O3S2. The molecule has 0 radical (unpaired) electrons. The molecule has 200 valence electrons. The van der Waals surface area contributed by atoms with Gasteiger partial charge in [-0.05, 0) is 55.6 Å². The van der Waals surface area contributed by atoms with E-state index in [-0.39, 0.29) is 36.7 Å². The minimum atomic E-state index is -3.93. The van der Waals surface area contributed by atoms with E-state index >= 15 is 0 Å². The van der Waals surface area contributed by atoms with Crippen molar-refractivity contribution in [1.82, 2.24) is 14.2 Å². The molecule has 0 aliphatic carbocycles. The Morgan fingerprint density at radius 1 is 0.974 bits per heavy atom. The Balaban J connectivity index is 1.91. The SMILES string of the molecule is CCN(CC)CCN(C(=O)c1ccc(S(=O)(=O)N(CCC#N)CCC#N)cc1)c1nc2ccc(Br)cc2s1. The lowest BCUT2D eigenvalue weighted by atomic mass is 10.2. The number of rotatable bonds is 13. The fraction of sp³-hybridized carbons (Fsp3) is 0.385. The first-order chi connectivity index (χ1) is 18.2. The number of aromatic nitrogens is 1.